The average molecular weight is 757 g/mol. The smallest absolute Gasteiger partial charge is 0.0340 e. The lowest BCUT2D eigenvalue weighted by atomic mass is 9.81. The second-order valence-corrected chi connectivity index (χ2v) is 16.8. The normalized spacial score (nSPS) is 13.2. The Morgan fingerprint density at radius 2 is 0.521 bits per heavy atom. The molecule has 0 spiro atoms. The average Bonchev–Trinajstić information content (AvgIpc) is 3.07. The van der Waals surface area contributed by atoms with Crippen LogP contribution >= 0.6 is 31.9 Å². The minimum atomic E-state index is 0.123. The van der Waals surface area contributed by atoms with Gasteiger partial charge in [0.2, 0.25) is 0 Å². The summed E-state index contributed by atoms with van der Waals surface area (Å²) in [5, 5.41) is 0. The molecule has 0 saturated heterocycles. The largest absolute Gasteiger partial charge is 0.0582 e. The Kier molecular flexibility index (Phi) is 9.98. The summed E-state index contributed by atoms with van der Waals surface area (Å²) in [6, 6.07) is 54.2. The number of hydrogen-bond donors (Lipinski definition) is 0. The summed E-state index contributed by atoms with van der Waals surface area (Å²) in [5.41, 5.74) is 13.1. The summed E-state index contributed by atoms with van der Waals surface area (Å²) in [6.45, 7) is 13.6. The SMILES string of the molecule is CC(C)(C)c1ccc(C(c2ccc(Br)cc2)c2ccc(-c3ccc(C(c4ccc(Br)cc4)c4ccc(C(C)(C)C)cc4)cc3)cc2)cc1. The summed E-state index contributed by atoms with van der Waals surface area (Å²) >= 11 is 7.25. The zero-order valence-electron chi connectivity index (χ0n) is 28.8. The molecule has 2 heteroatoms. The van der Waals surface area contributed by atoms with Crippen molar-refractivity contribution in [1.82, 2.24) is 0 Å². The molecule has 0 aromatic heterocycles. The molecule has 0 bridgehead atoms. The van der Waals surface area contributed by atoms with Gasteiger partial charge in [-0.15, -0.1) is 0 Å². The monoisotopic (exact) mass is 754 g/mol. The molecule has 0 fully saturated rings. The molecule has 6 aromatic rings. The van der Waals surface area contributed by atoms with Crippen LogP contribution in [-0.2, 0) is 10.8 Å². The van der Waals surface area contributed by atoms with Gasteiger partial charge >= 0.3 is 0 Å². The molecule has 0 nitrogen and oxygen atoms in total. The van der Waals surface area contributed by atoms with Crippen molar-refractivity contribution in [2.45, 2.75) is 64.2 Å². The molecular weight excluding hydrogens is 712 g/mol. The first kappa shape index (κ1) is 34.2. The van der Waals surface area contributed by atoms with E-state index in [2.05, 4.69) is 219 Å². The van der Waals surface area contributed by atoms with E-state index in [1.807, 2.05) is 0 Å². The molecule has 0 aliphatic carbocycles. The minimum absolute atomic E-state index is 0.123. The van der Waals surface area contributed by atoms with Crippen molar-refractivity contribution < 1.29 is 0 Å². The molecular formula is C46H44Br2. The number of halogens is 2. The van der Waals surface area contributed by atoms with Crippen LogP contribution in [-0.4, -0.2) is 0 Å². The van der Waals surface area contributed by atoms with Crippen molar-refractivity contribution in [2.75, 3.05) is 0 Å². The first-order valence-electron chi connectivity index (χ1n) is 16.8. The van der Waals surface area contributed by atoms with E-state index >= 15 is 0 Å². The zero-order valence-corrected chi connectivity index (χ0v) is 31.9. The molecule has 2 atom stereocenters. The van der Waals surface area contributed by atoms with E-state index in [1.54, 1.807) is 0 Å². The highest BCUT2D eigenvalue weighted by molar-refractivity contribution is 9.10. The number of hydrogen-bond acceptors (Lipinski definition) is 0. The molecule has 0 radical (unpaired) electrons. The summed E-state index contributed by atoms with van der Waals surface area (Å²) in [4.78, 5) is 0. The maximum absolute atomic E-state index is 3.62. The van der Waals surface area contributed by atoms with Crippen LogP contribution in [0.15, 0.2) is 155 Å². The van der Waals surface area contributed by atoms with Gasteiger partial charge in [-0.25, -0.2) is 0 Å². The van der Waals surface area contributed by atoms with Gasteiger partial charge in [-0.2, -0.15) is 0 Å². The molecule has 6 rings (SSSR count). The molecule has 0 aliphatic heterocycles. The quantitative estimate of drug-likeness (QED) is 0.142. The van der Waals surface area contributed by atoms with Crippen molar-refractivity contribution in [3.05, 3.63) is 199 Å². The Hall–Kier alpha value is -3.72. The van der Waals surface area contributed by atoms with E-state index in [9.17, 15) is 0 Å². The van der Waals surface area contributed by atoms with Gasteiger partial charge in [0.05, 0.1) is 0 Å². The lowest BCUT2D eigenvalue weighted by Crippen LogP contribution is -2.11. The third kappa shape index (κ3) is 7.77. The molecule has 0 amide bonds. The van der Waals surface area contributed by atoms with Crippen LogP contribution < -0.4 is 0 Å². The third-order valence-electron chi connectivity index (χ3n) is 9.45. The summed E-state index contributed by atoms with van der Waals surface area (Å²) in [7, 11) is 0. The highest BCUT2D eigenvalue weighted by Crippen LogP contribution is 2.37. The van der Waals surface area contributed by atoms with E-state index in [4.69, 9.17) is 0 Å². The van der Waals surface area contributed by atoms with Crippen LogP contribution in [0.1, 0.15) is 97.9 Å². The molecule has 242 valence electrons. The molecule has 0 N–H and O–H groups in total. The molecule has 6 aromatic carbocycles. The summed E-state index contributed by atoms with van der Waals surface area (Å²) in [5.74, 6) is 0.305. The molecule has 0 aliphatic rings. The van der Waals surface area contributed by atoms with Crippen LogP contribution in [0.4, 0.5) is 0 Å². The van der Waals surface area contributed by atoms with E-state index in [1.165, 1.54) is 55.6 Å². The summed E-state index contributed by atoms with van der Waals surface area (Å²) < 4.78 is 2.19. The van der Waals surface area contributed by atoms with Crippen LogP contribution in [0, 0.1) is 0 Å². The highest BCUT2D eigenvalue weighted by atomic mass is 79.9. The predicted molar refractivity (Wildman–Crippen MR) is 212 cm³/mol. The highest BCUT2D eigenvalue weighted by Gasteiger charge is 2.21. The van der Waals surface area contributed by atoms with Gasteiger partial charge in [-0.1, -0.05) is 195 Å². The first-order chi connectivity index (χ1) is 22.9. The van der Waals surface area contributed by atoms with Gasteiger partial charge in [0.15, 0.2) is 0 Å². The molecule has 2 unspecified atom stereocenters. The van der Waals surface area contributed by atoms with Crippen LogP contribution in [0.5, 0.6) is 0 Å². The second kappa shape index (κ2) is 14.0. The van der Waals surface area contributed by atoms with Crippen LogP contribution in [0.25, 0.3) is 11.1 Å². The first-order valence-corrected chi connectivity index (χ1v) is 18.4. The predicted octanol–water partition coefficient (Wildman–Crippen LogP) is 13.8. The minimum Gasteiger partial charge on any atom is -0.0582 e. The van der Waals surface area contributed by atoms with Gasteiger partial charge < -0.3 is 0 Å². The number of rotatable bonds is 7. The number of benzene rings is 6. The van der Waals surface area contributed by atoms with Crippen LogP contribution in [0.2, 0.25) is 0 Å². The Morgan fingerprint density at radius 3 is 0.750 bits per heavy atom. The zero-order chi connectivity index (χ0) is 34.1. The fourth-order valence-corrected chi connectivity index (χ4v) is 7.08. The lowest BCUT2D eigenvalue weighted by Gasteiger charge is -2.23. The Bertz CT molecular complexity index is 1790. The van der Waals surface area contributed by atoms with E-state index in [0.717, 1.165) is 8.95 Å². The van der Waals surface area contributed by atoms with Gasteiger partial charge in [-0.05, 0) is 90.7 Å². The van der Waals surface area contributed by atoms with Crippen molar-refractivity contribution in [3.8, 4) is 11.1 Å². The van der Waals surface area contributed by atoms with Gasteiger partial charge in [-0.3, -0.25) is 0 Å². The maximum Gasteiger partial charge on any atom is 0.0340 e. The Morgan fingerprint density at radius 1 is 0.312 bits per heavy atom. The van der Waals surface area contributed by atoms with E-state index in [-0.39, 0.29) is 22.7 Å². The lowest BCUT2D eigenvalue weighted by molar-refractivity contribution is 0.589. The van der Waals surface area contributed by atoms with Gasteiger partial charge in [0, 0.05) is 20.8 Å². The van der Waals surface area contributed by atoms with Gasteiger partial charge in [0.1, 0.15) is 0 Å². The Balaban J connectivity index is 1.31. The van der Waals surface area contributed by atoms with Crippen molar-refractivity contribution >= 4 is 31.9 Å². The van der Waals surface area contributed by atoms with E-state index < -0.39 is 0 Å². The third-order valence-corrected chi connectivity index (χ3v) is 10.5. The molecule has 0 heterocycles. The Labute approximate surface area is 304 Å². The van der Waals surface area contributed by atoms with Crippen molar-refractivity contribution in [3.63, 3.8) is 0 Å². The van der Waals surface area contributed by atoms with Gasteiger partial charge in [0.25, 0.3) is 0 Å². The topological polar surface area (TPSA) is 0 Å². The fraction of sp³-hybridized carbons (Fsp3) is 0.217. The van der Waals surface area contributed by atoms with Crippen LogP contribution in [0.3, 0.4) is 0 Å². The van der Waals surface area contributed by atoms with E-state index in [0.29, 0.717) is 0 Å². The second-order valence-electron chi connectivity index (χ2n) is 15.0. The standard InChI is InChI=1S/C46H44Br2/c1-45(2,3)39-23-15-35(16-24-39)43(37-19-27-41(47)28-20-37)33-11-7-31(8-12-33)32-9-13-34(14-10-32)44(38-21-29-42(48)30-22-38)36-17-25-40(26-18-36)46(4,5)6/h7-30,43-44H,1-6H3. The molecule has 48 heavy (non-hydrogen) atoms. The molecule has 0 saturated carbocycles. The maximum atomic E-state index is 3.62. The summed E-state index contributed by atoms with van der Waals surface area (Å²) in [6.07, 6.45) is 0. The van der Waals surface area contributed by atoms with Crippen molar-refractivity contribution in [2.24, 2.45) is 0 Å². The van der Waals surface area contributed by atoms with Crippen molar-refractivity contribution in [1.29, 1.82) is 0 Å². The fourth-order valence-electron chi connectivity index (χ4n) is 6.55.